The molecule has 0 aromatic carbocycles. The Kier molecular flexibility index (Phi) is 6.18. The molecule has 0 aliphatic carbocycles. The van der Waals surface area contributed by atoms with Crippen molar-refractivity contribution < 1.29 is 5.11 Å². The van der Waals surface area contributed by atoms with Gasteiger partial charge in [-0.1, -0.05) is 26.0 Å². The fourth-order valence-electron chi connectivity index (χ4n) is 0.685. The van der Waals surface area contributed by atoms with Crippen molar-refractivity contribution in [2.45, 2.75) is 20.3 Å². The highest BCUT2D eigenvalue weighted by Crippen LogP contribution is 1.94. The lowest BCUT2D eigenvalue weighted by atomic mass is 10.2. The molecule has 0 aliphatic rings. The van der Waals surface area contributed by atoms with E-state index >= 15 is 0 Å². The molecule has 1 unspecified atom stereocenters. The van der Waals surface area contributed by atoms with Crippen LogP contribution < -0.4 is 5.32 Å². The van der Waals surface area contributed by atoms with E-state index in [0.717, 1.165) is 19.5 Å². The van der Waals surface area contributed by atoms with E-state index in [0.29, 0.717) is 5.92 Å². The van der Waals surface area contributed by atoms with Crippen molar-refractivity contribution >= 4 is 0 Å². The van der Waals surface area contributed by atoms with Crippen LogP contribution in [0, 0.1) is 5.92 Å². The first-order valence-corrected chi connectivity index (χ1v) is 4.18. The van der Waals surface area contributed by atoms with Crippen LogP contribution in [0.15, 0.2) is 12.2 Å². The summed E-state index contributed by atoms with van der Waals surface area (Å²) >= 11 is 0. The Balaban J connectivity index is 3.20. The van der Waals surface area contributed by atoms with Gasteiger partial charge in [0.25, 0.3) is 0 Å². The molecule has 0 radical (unpaired) electrons. The molecule has 0 rings (SSSR count). The first-order valence-electron chi connectivity index (χ1n) is 4.18. The van der Waals surface area contributed by atoms with Gasteiger partial charge in [-0.25, -0.2) is 0 Å². The molecule has 0 spiro atoms. The largest absolute Gasteiger partial charge is 0.396 e. The van der Waals surface area contributed by atoms with E-state index in [-0.39, 0.29) is 6.61 Å². The second kappa shape index (κ2) is 6.38. The van der Waals surface area contributed by atoms with Gasteiger partial charge >= 0.3 is 0 Å². The maximum Gasteiger partial charge on any atom is 0.0468 e. The highest BCUT2D eigenvalue weighted by Gasteiger charge is 1.97. The monoisotopic (exact) mass is 157 g/mol. The maximum absolute atomic E-state index is 8.69. The van der Waals surface area contributed by atoms with Crippen LogP contribution in [0.5, 0.6) is 0 Å². The molecule has 66 valence electrons. The smallest absolute Gasteiger partial charge is 0.0468 e. The molecular weight excluding hydrogens is 138 g/mol. The van der Waals surface area contributed by atoms with Crippen LogP contribution in [-0.4, -0.2) is 24.8 Å². The lowest BCUT2D eigenvalue weighted by Gasteiger charge is -2.09. The lowest BCUT2D eigenvalue weighted by Crippen LogP contribution is -2.24. The minimum absolute atomic E-state index is 0.256. The minimum atomic E-state index is 0.256. The van der Waals surface area contributed by atoms with E-state index in [4.69, 9.17) is 5.11 Å². The molecule has 0 saturated heterocycles. The van der Waals surface area contributed by atoms with Crippen molar-refractivity contribution in [3.05, 3.63) is 12.2 Å². The summed E-state index contributed by atoms with van der Waals surface area (Å²) in [5.74, 6) is 0.347. The van der Waals surface area contributed by atoms with Crippen LogP contribution in [0.4, 0.5) is 0 Å². The summed E-state index contributed by atoms with van der Waals surface area (Å²) in [4.78, 5) is 0. The van der Waals surface area contributed by atoms with E-state index in [2.05, 4.69) is 18.8 Å². The van der Waals surface area contributed by atoms with E-state index in [1.807, 2.05) is 6.92 Å². The predicted molar refractivity (Wildman–Crippen MR) is 48.6 cm³/mol. The summed E-state index contributed by atoms with van der Waals surface area (Å²) in [6.45, 7) is 9.99. The summed E-state index contributed by atoms with van der Waals surface area (Å²) in [5.41, 5.74) is 1.22. The molecule has 0 saturated carbocycles. The maximum atomic E-state index is 8.69. The van der Waals surface area contributed by atoms with Crippen LogP contribution in [0.25, 0.3) is 0 Å². The highest BCUT2D eigenvalue weighted by molar-refractivity contribution is 4.94. The van der Waals surface area contributed by atoms with Crippen LogP contribution >= 0.6 is 0 Å². The quantitative estimate of drug-likeness (QED) is 0.567. The standard InChI is InChI=1S/C9H19NO/c1-4-8(2)5-10-6-9(3)7-11/h9-11H,2,4-7H2,1,3H3. The average molecular weight is 157 g/mol. The summed E-state index contributed by atoms with van der Waals surface area (Å²) in [6.07, 6.45) is 1.03. The van der Waals surface area contributed by atoms with Crippen LogP contribution in [-0.2, 0) is 0 Å². The van der Waals surface area contributed by atoms with E-state index in [9.17, 15) is 0 Å². The number of aliphatic hydroxyl groups is 1. The van der Waals surface area contributed by atoms with Crippen molar-refractivity contribution in [2.24, 2.45) is 5.92 Å². The molecule has 0 amide bonds. The minimum Gasteiger partial charge on any atom is -0.396 e. The van der Waals surface area contributed by atoms with Crippen molar-refractivity contribution in [2.75, 3.05) is 19.7 Å². The molecule has 1 atom stereocenters. The van der Waals surface area contributed by atoms with E-state index < -0.39 is 0 Å². The Morgan fingerprint density at radius 3 is 2.73 bits per heavy atom. The Hall–Kier alpha value is -0.340. The molecule has 0 heterocycles. The van der Waals surface area contributed by atoms with Crippen LogP contribution in [0.3, 0.4) is 0 Å². The number of rotatable bonds is 6. The van der Waals surface area contributed by atoms with Gasteiger partial charge in [-0.05, 0) is 12.3 Å². The van der Waals surface area contributed by atoms with Gasteiger partial charge in [0, 0.05) is 19.7 Å². The molecule has 2 N–H and O–H groups in total. The Morgan fingerprint density at radius 2 is 2.27 bits per heavy atom. The zero-order valence-electron chi connectivity index (χ0n) is 7.56. The van der Waals surface area contributed by atoms with Gasteiger partial charge in [-0.2, -0.15) is 0 Å². The molecule has 2 nitrogen and oxygen atoms in total. The zero-order chi connectivity index (χ0) is 8.69. The van der Waals surface area contributed by atoms with Gasteiger partial charge in [0.1, 0.15) is 0 Å². The number of hydrogen-bond donors (Lipinski definition) is 2. The number of nitrogens with one attached hydrogen (secondary N) is 1. The second-order valence-corrected chi connectivity index (χ2v) is 3.02. The van der Waals surface area contributed by atoms with Crippen molar-refractivity contribution in [3.63, 3.8) is 0 Å². The first kappa shape index (κ1) is 10.7. The predicted octanol–water partition coefficient (Wildman–Crippen LogP) is 1.17. The average Bonchev–Trinajstić information content (AvgIpc) is 2.04. The third-order valence-electron chi connectivity index (χ3n) is 1.68. The van der Waals surface area contributed by atoms with Crippen LogP contribution in [0.1, 0.15) is 20.3 Å². The van der Waals surface area contributed by atoms with Gasteiger partial charge in [0.15, 0.2) is 0 Å². The number of hydrogen-bond acceptors (Lipinski definition) is 2. The third-order valence-corrected chi connectivity index (χ3v) is 1.68. The summed E-state index contributed by atoms with van der Waals surface area (Å²) in [6, 6.07) is 0. The Bertz CT molecular complexity index is 112. The van der Waals surface area contributed by atoms with E-state index in [1.165, 1.54) is 5.57 Å². The van der Waals surface area contributed by atoms with Crippen molar-refractivity contribution in [3.8, 4) is 0 Å². The fraction of sp³-hybridized carbons (Fsp3) is 0.778. The Morgan fingerprint density at radius 1 is 1.64 bits per heavy atom. The van der Waals surface area contributed by atoms with Crippen LogP contribution in [0.2, 0.25) is 0 Å². The third kappa shape index (κ3) is 6.07. The normalized spacial score (nSPS) is 13.0. The van der Waals surface area contributed by atoms with E-state index in [1.54, 1.807) is 0 Å². The van der Waals surface area contributed by atoms with Crippen molar-refractivity contribution in [1.29, 1.82) is 0 Å². The Labute approximate surface area is 69.3 Å². The highest BCUT2D eigenvalue weighted by atomic mass is 16.3. The molecule has 0 aromatic heterocycles. The number of aliphatic hydroxyl groups excluding tert-OH is 1. The second-order valence-electron chi connectivity index (χ2n) is 3.02. The topological polar surface area (TPSA) is 32.3 Å². The molecule has 11 heavy (non-hydrogen) atoms. The SMILES string of the molecule is C=C(CC)CNCC(C)CO. The van der Waals surface area contributed by atoms with Gasteiger partial charge in [-0.3, -0.25) is 0 Å². The van der Waals surface area contributed by atoms with Gasteiger partial charge in [0.2, 0.25) is 0 Å². The fourth-order valence-corrected chi connectivity index (χ4v) is 0.685. The molecule has 2 heteroatoms. The molecule has 0 aliphatic heterocycles. The lowest BCUT2D eigenvalue weighted by molar-refractivity contribution is 0.235. The molecule has 0 aromatic rings. The molecular formula is C9H19NO. The van der Waals surface area contributed by atoms with Crippen molar-refractivity contribution in [1.82, 2.24) is 5.32 Å². The zero-order valence-corrected chi connectivity index (χ0v) is 7.56. The summed E-state index contributed by atoms with van der Waals surface area (Å²) < 4.78 is 0. The first-order chi connectivity index (χ1) is 5.20. The van der Waals surface area contributed by atoms with Gasteiger partial charge in [-0.15, -0.1) is 0 Å². The molecule has 0 fully saturated rings. The van der Waals surface area contributed by atoms with Gasteiger partial charge in [0.05, 0.1) is 0 Å². The molecule has 0 bridgehead atoms. The summed E-state index contributed by atoms with van der Waals surface area (Å²) in [7, 11) is 0. The summed E-state index contributed by atoms with van der Waals surface area (Å²) in [5, 5.41) is 11.9. The van der Waals surface area contributed by atoms with Gasteiger partial charge < -0.3 is 10.4 Å².